The number of hydrogen-bond donors (Lipinski definition) is 2. The number of aliphatic hydroxyl groups excluding tert-OH is 1. The van der Waals surface area contributed by atoms with Gasteiger partial charge >= 0.3 is 15.5 Å². The van der Waals surface area contributed by atoms with E-state index in [9.17, 15) is 21.6 Å². The number of piperidine rings is 1. The van der Waals surface area contributed by atoms with Crippen molar-refractivity contribution in [1.29, 1.82) is 0 Å². The number of benzene rings is 3. The van der Waals surface area contributed by atoms with Crippen LogP contribution in [-0.2, 0) is 14.8 Å². The number of fused-ring (bicyclic) bond motifs is 1. The Labute approximate surface area is 275 Å². The lowest BCUT2D eigenvalue weighted by molar-refractivity contribution is -0.0494. The molecule has 2 N–H and O–H groups in total. The second-order valence-corrected chi connectivity index (χ2v) is 13.6. The Hall–Kier alpha value is -3.13. The zero-order valence-electron chi connectivity index (χ0n) is 24.5. The standard InChI is InChI=1S/C32H32Cl2F3N3O5S/c33-24-5-1-21(2-6-24)30(22-3-7-25(34)8-4-22)23-19-27-28(9-12-38-31(27)29(20-23)45-18-17-44-16-15-41)39-26-10-13-40(14-11-26)46(42,43)32(35,36)37/h1-9,12,19-20,26,30,41H,10-11,13-18H2,(H,38,39). The van der Waals surface area contributed by atoms with Crippen LogP contribution in [0, 0.1) is 0 Å². The maximum atomic E-state index is 13.1. The van der Waals surface area contributed by atoms with Gasteiger partial charge in [0.1, 0.15) is 17.9 Å². The summed E-state index contributed by atoms with van der Waals surface area (Å²) in [5.41, 5.74) is -1.32. The van der Waals surface area contributed by atoms with Gasteiger partial charge in [0.25, 0.3) is 0 Å². The van der Waals surface area contributed by atoms with Crippen molar-refractivity contribution in [3.05, 3.63) is 99.7 Å². The zero-order valence-corrected chi connectivity index (χ0v) is 26.8. The first-order valence-corrected chi connectivity index (χ1v) is 16.8. The topological polar surface area (TPSA) is 101 Å². The minimum Gasteiger partial charge on any atom is -0.489 e. The van der Waals surface area contributed by atoms with Crippen molar-refractivity contribution in [3.8, 4) is 5.75 Å². The number of aliphatic hydroxyl groups is 1. The Kier molecular flexibility index (Phi) is 11.0. The first-order valence-electron chi connectivity index (χ1n) is 14.6. The summed E-state index contributed by atoms with van der Waals surface area (Å²) in [7, 11) is -5.39. The van der Waals surface area contributed by atoms with E-state index in [1.165, 1.54) is 0 Å². The summed E-state index contributed by atoms with van der Waals surface area (Å²) in [6.07, 6.45) is 1.98. The lowest BCUT2D eigenvalue weighted by Crippen LogP contribution is -2.47. The molecule has 246 valence electrons. The summed E-state index contributed by atoms with van der Waals surface area (Å²) in [4.78, 5) is 4.60. The molecule has 8 nitrogen and oxygen atoms in total. The summed E-state index contributed by atoms with van der Waals surface area (Å²) < 4.78 is 75.2. The smallest absolute Gasteiger partial charge is 0.489 e. The molecule has 4 aromatic rings. The van der Waals surface area contributed by atoms with Gasteiger partial charge < -0.3 is 19.9 Å². The number of nitrogens with one attached hydrogen (secondary N) is 1. The maximum absolute atomic E-state index is 13.1. The van der Waals surface area contributed by atoms with Gasteiger partial charge in [-0.15, -0.1) is 0 Å². The van der Waals surface area contributed by atoms with Gasteiger partial charge in [0.05, 0.1) is 19.8 Å². The third-order valence-corrected chi connectivity index (χ3v) is 9.87. The van der Waals surface area contributed by atoms with Gasteiger partial charge in [0.15, 0.2) is 0 Å². The van der Waals surface area contributed by atoms with Gasteiger partial charge in [0.2, 0.25) is 0 Å². The highest BCUT2D eigenvalue weighted by Gasteiger charge is 2.50. The van der Waals surface area contributed by atoms with E-state index >= 15 is 0 Å². The van der Waals surface area contributed by atoms with Crippen molar-refractivity contribution in [2.75, 3.05) is 44.8 Å². The average molecular weight is 699 g/mol. The molecule has 0 unspecified atom stereocenters. The van der Waals surface area contributed by atoms with Crippen molar-refractivity contribution in [2.45, 2.75) is 30.3 Å². The Morgan fingerprint density at radius 1 is 0.913 bits per heavy atom. The molecule has 1 aromatic heterocycles. The van der Waals surface area contributed by atoms with E-state index in [1.807, 2.05) is 60.7 Å². The number of hydrogen-bond acceptors (Lipinski definition) is 7. The van der Waals surface area contributed by atoms with Crippen LogP contribution in [0.5, 0.6) is 5.75 Å². The van der Waals surface area contributed by atoms with Gasteiger partial charge in [0, 0.05) is 52.4 Å². The fourth-order valence-corrected chi connectivity index (χ4v) is 6.75. The van der Waals surface area contributed by atoms with E-state index < -0.39 is 15.5 Å². The van der Waals surface area contributed by atoms with Crippen molar-refractivity contribution in [2.24, 2.45) is 0 Å². The predicted molar refractivity (Wildman–Crippen MR) is 172 cm³/mol. The predicted octanol–water partition coefficient (Wildman–Crippen LogP) is 6.84. The van der Waals surface area contributed by atoms with Crippen LogP contribution in [-0.4, -0.2) is 73.9 Å². The zero-order chi connectivity index (χ0) is 32.9. The first-order chi connectivity index (χ1) is 22.0. The van der Waals surface area contributed by atoms with E-state index in [0.717, 1.165) is 16.7 Å². The van der Waals surface area contributed by atoms with Gasteiger partial charge in [-0.2, -0.15) is 17.5 Å². The molecule has 0 atom stereocenters. The molecule has 0 radical (unpaired) electrons. The van der Waals surface area contributed by atoms with Gasteiger partial charge in [-0.25, -0.2) is 8.42 Å². The van der Waals surface area contributed by atoms with Crippen LogP contribution in [0.1, 0.15) is 35.4 Å². The Bertz CT molecular complexity index is 1690. The molecule has 0 saturated carbocycles. The highest BCUT2D eigenvalue weighted by Crippen LogP contribution is 2.40. The lowest BCUT2D eigenvalue weighted by atomic mass is 9.84. The number of alkyl halides is 3. The van der Waals surface area contributed by atoms with E-state index in [2.05, 4.69) is 10.3 Å². The maximum Gasteiger partial charge on any atom is 0.511 e. The number of pyridine rings is 1. The normalized spacial score (nSPS) is 15.0. The molecule has 5 rings (SSSR count). The van der Waals surface area contributed by atoms with Crippen LogP contribution >= 0.6 is 23.2 Å². The highest BCUT2D eigenvalue weighted by atomic mass is 35.5. The average Bonchev–Trinajstić information content (AvgIpc) is 3.03. The molecule has 1 saturated heterocycles. The van der Waals surface area contributed by atoms with E-state index in [-0.39, 0.29) is 64.3 Å². The molecular weight excluding hydrogens is 666 g/mol. The third-order valence-electron chi connectivity index (χ3n) is 7.74. The molecule has 0 bridgehead atoms. The Morgan fingerprint density at radius 2 is 1.52 bits per heavy atom. The second-order valence-electron chi connectivity index (χ2n) is 10.8. The minimum atomic E-state index is -5.39. The second kappa shape index (κ2) is 14.7. The van der Waals surface area contributed by atoms with Gasteiger partial charge in [-0.3, -0.25) is 4.98 Å². The summed E-state index contributed by atoms with van der Waals surface area (Å²) in [5.74, 6) is 0.221. The first kappa shape index (κ1) is 34.2. The minimum absolute atomic E-state index is 0.111. The lowest BCUT2D eigenvalue weighted by Gasteiger charge is -2.32. The summed E-state index contributed by atoms with van der Waals surface area (Å²) >= 11 is 12.4. The third kappa shape index (κ3) is 7.87. The highest BCUT2D eigenvalue weighted by molar-refractivity contribution is 7.90. The summed E-state index contributed by atoms with van der Waals surface area (Å²) in [6.45, 7) is -0.0247. The van der Waals surface area contributed by atoms with Crippen LogP contribution in [0.15, 0.2) is 72.9 Å². The number of nitrogens with zero attached hydrogens (tertiary/aromatic N) is 2. The van der Waals surface area contributed by atoms with Crippen molar-refractivity contribution < 1.29 is 36.2 Å². The molecule has 0 amide bonds. The van der Waals surface area contributed by atoms with Crippen LogP contribution < -0.4 is 10.1 Å². The fourth-order valence-electron chi connectivity index (χ4n) is 5.52. The van der Waals surface area contributed by atoms with Crippen LogP contribution in [0.3, 0.4) is 0 Å². The number of halogens is 5. The summed E-state index contributed by atoms with van der Waals surface area (Å²) in [5, 5.41) is 14.4. The molecule has 1 aliphatic heterocycles. The quantitative estimate of drug-likeness (QED) is 0.124. The van der Waals surface area contributed by atoms with E-state index in [4.69, 9.17) is 37.8 Å². The van der Waals surface area contributed by atoms with Crippen LogP contribution in [0.25, 0.3) is 10.9 Å². The molecule has 46 heavy (non-hydrogen) atoms. The Balaban J connectivity index is 1.53. The number of rotatable bonds is 12. The number of aromatic nitrogens is 1. The van der Waals surface area contributed by atoms with Gasteiger partial charge in [-0.05, 0) is 72.0 Å². The molecule has 14 heteroatoms. The van der Waals surface area contributed by atoms with Crippen LogP contribution in [0.2, 0.25) is 10.0 Å². The van der Waals surface area contributed by atoms with Crippen LogP contribution in [0.4, 0.5) is 18.9 Å². The number of anilines is 1. The SMILES string of the molecule is O=S(=O)(N1CCC(Nc2ccnc3c(OCCOCCO)cc(C(c4ccc(Cl)cc4)c4ccc(Cl)cc4)cc23)CC1)C(F)(F)F. The van der Waals surface area contributed by atoms with Crippen molar-refractivity contribution >= 4 is 49.8 Å². The van der Waals surface area contributed by atoms with Crippen molar-refractivity contribution in [1.82, 2.24) is 9.29 Å². The molecule has 0 spiro atoms. The fraction of sp³-hybridized carbons (Fsp3) is 0.344. The molecule has 1 fully saturated rings. The van der Waals surface area contributed by atoms with Gasteiger partial charge in [-0.1, -0.05) is 47.5 Å². The molecule has 3 aromatic carbocycles. The largest absolute Gasteiger partial charge is 0.511 e. The Morgan fingerprint density at radius 3 is 2.09 bits per heavy atom. The molecule has 2 heterocycles. The van der Waals surface area contributed by atoms with Crippen molar-refractivity contribution in [3.63, 3.8) is 0 Å². The van der Waals surface area contributed by atoms with E-state index in [0.29, 0.717) is 36.7 Å². The molecule has 1 aliphatic rings. The number of sulfonamides is 1. The van der Waals surface area contributed by atoms with E-state index in [1.54, 1.807) is 12.3 Å². The molecule has 0 aliphatic carbocycles. The molecular formula is C32H32Cl2F3N3O5S. The number of ether oxygens (including phenoxy) is 2. The monoisotopic (exact) mass is 697 g/mol. The summed E-state index contributed by atoms with van der Waals surface area (Å²) in [6, 6.07) is 20.4.